The highest BCUT2D eigenvalue weighted by Gasteiger charge is 2.62. The fourth-order valence-electron chi connectivity index (χ4n) is 5.49. The summed E-state index contributed by atoms with van der Waals surface area (Å²) in [5, 5.41) is 3.90. The molecule has 0 aromatic carbocycles. The van der Waals surface area contributed by atoms with Crippen LogP contribution >= 0.6 is 0 Å². The Labute approximate surface area is 147 Å². The molecule has 4 fully saturated rings. The lowest BCUT2D eigenvalue weighted by Gasteiger charge is -2.49. The molecule has 2 aliphatic heterocycles. The van der Waals surface area contributed by atoms with Crippen LogP contribution < -0.4 is 4.90 Å². The Kier molecular flexibility index (Phi) is 3.39. The first kappa shape index (κ1) is 15.6. The zero-order valence-corrected chi connectivity index (χ0v) is 15.0. The van der Waals surface area contributed by atoms with E-state index < -0.39 is 0 Å². The van der Waals surface area contributed by atoms with Crippen LogP contribution in [-0.4, -0.2) is 59.8 Å². The number of carbonyl (C=O) groups excluding carboxylic acids is 1. The van der Waals surface area contributed by atoms with Gasteiger partial charge < -0.3 is 14.2 Å². The number of hydrogen-bond donors (Lipinski definition) is 0. The Bertz CT molecular complexity index is 672. The van der Waals surface area contributed by atoms with Crippen molar-refractivity contribution in [3.63, 3.8) is 0 Å². The van der Waals surface area contributed by atoms with Gasteiger partial charge in [0.15, 0.2) is 5.82 Å². The van der Waals surface area contributed by atoms with Crippen molar-refractivity contribution in [3.8, 4) is 0 Å². The van der Waals surface area contributed by atoms with E-state index in [0.29, 0.717) is 41.7 Å². The molecule has 0 bridgehead atoms. The van der Waals surface area contributed by atoms with Gasteiger partial charge in [0.25, 0.3) is 0 Å². The Hall–Kier alpha value is -1.63. The summed E-state index contributed by atoms with van der Waals surface area (Å²) in [6, 6.07) is 1.37. The molecule has 2 unspecified atom stereocenters. The highest BCUT2D eigenvalue weighted by molar-refractivity contribution is 5.77. The molecule has 2 atom stereocenters. The van der Waals surface area contributed by atoms with Crippen LogP contribution in [0.5, 0.6) is 0 Å². The monoisotopic (exact) mass is 346 g/mol. The number of aromatic nitrogens is 2. The van der Waals surface area contributed by atoms with Crippen LogP contribution in [0.1, 0.15) is 32.0 Å². The number of nitrogens with zero attached hydrogens (tertiary/aromatic N) is 4. The fourth-order valence-corrected chi connectivity index (χ4v) is 5.49. The molecule has 3 heterocycles. The quantitative estimate of drug-likeness (QED) is 0.765. The first-order chi connectivity index (χ1) is 12.1. The number of piperidine rings is 1. The van der Waals surface area contributed by atoms with E-state index in [4.69, 9.17) is 9.26 Å². The summed E-state index contributed by atoms with van der Waals surface area (Å²) in [5.74, 6) is 2.03. The Morgan fingerprint density at radius 1 is 1.36 bits per heavy atom. The van der Waals surface area contributed by atoms with E-state index in [2.05, 4.69) is 19.9 Å². The van der Waals surface area contributed by atoms with Gasteiger partial charge in [0, 0.05) is 32.2 Å². The second kappa shape index (κ2) is 5.43. The van der Waals surface area contributed by atoms with Gasteiger partial charge in [0.05, 0.1) is 12.5 Å². The molecule has 136 valence electrons. The van der Waals surface area contributed by atoms with Crippen LogP contribution in [0.3, 0.4) is 0 Å². The lowest BCUT2D eigenvalue weighted by molar-refractivity contribution is -0.146. The summed E-state index contributed by atoms with van der Waals surface area (Å²) in [4.78, 5) is 21.1. The molecule has 2 saturated carbocycles. The van der Waals surface area contributed by atoms with Crippen molar-refractivity contribution in [3.05, 3.63) is 5.82 Å². The Morgan fingerprint density at radius 2 is 2.12 bits per heavy atom. The summed E-state index contributed by atoms with van der Waals surface area (Å²) in [7, 11) is 0. The van der Waals surface area contributed by atoms with Crippen LogP contribution in [0.2, 0.25) is 0 Å². The largest absolute Gasteiger partial charge is 0.466 e. The first-order valence-electron chi connectivity index (χ1n) is 9.54. The van der Waals surface area contributed by atoms with Crippen LogP contribution in [0.15, 0.2) is 4.52 Å². The van der Waals surface area contributed by atoms with E-state index in [-0.39, 0.29) is 11.9 Å². The maximum Gasteiger partial charge on any atom is 0.324 e. The molecule has 1 aromatic rings. The Morgan fingerprint density at radius 3 is 2.76 bits per heavy atom. The van der Waals surface area contributed by atoms with Gasteiger partial charge >= 0.3 is 12.0 Å². The van der Waals surface area contributed by atoms with Crippen molar-refractivity contribution in [1.29, 1.82) is 0 Å². The number of ether oxygens (including phenoxy) is 1. The second-order valence-corrected chi connectivity index (χ2v) is 8.42. The van der Waals surface area contributed by atoms with Crippen LogP contribution in [0.25, 0.3) is 0 Å². The predicted molar refractivity (Wildman–Crippen MR) is 90.0 cm³/mol. The number of esters is 1. The predicted octanol–water partition coefficient (Wildman–Crippen LogP) is 1.48. The lowest BCUT2D eigenvalue weighted by Crippen LogP contribution is -2.52. The number of hydrogen-bond acceptors (Lipinski definition) is 7. The van der Waals surface area contributed by atoms with E-state index in [9.17, 15) is 4.79 Å². The van der Waals surface area contributed by atoms with E-state index in [1.807, 2.05) is 13.8 Å². The molecule has 1 aromatic heterocycles. The highest BCUT2D eigenvalue weighted by Crippen LogP contribution is 2.57. The molecular formula is C18H26N4O3. The Balaban J connectivity index is 1.12. The summed E-state index contributed by atoms with van der Waals surface area (Å²) >= 11 is 0. The van der Waals surface area contributed by atoms with Crippen molar-refractivity contribution >= 4 is 12.0 Å². The average Bonchev–Trinajstić information content (AvgIpc) is 3.00. The third kappa shape index (κ3) is 2.46. The van der Waals surface area contributed by atoms with E-state index in [1.54, 1.807) is 0 Å². The number of rotatable bonds is 4. The molecule has 7 heteroatoms. The van der Waals surface area contributed by atoms with Gasteiger partial charge in [-0.05, 0) is 50.4 Å². The summed E-state index contributed by atoms with van der Waals surface area (Å²) in [6.07, 6.45) is 3.75. The molecule has 0 N–H and O–H groups in total. The van der Waals surface area contributed by atoms with Crippen molar-refractivity contribution in [2.75, 3.05) is 37.7 Å². The van der Waals surface area contributed by atoms with Gasteiger partial charge in [-0.3, -0.25) is 9.69 Å². The zero-order chi connectivity index (χ0) is 17.2. The van der Waals surface area contributed by atoms with E-state index >= 15 is 0 Å². The van der Waals surface area contributed by atoms with Crippen molar-refractivity contribution in [2.45, 2.75) is 39.2 Å². The van der Waals surface area contributed by atoms with Gasteiger partial charge in [0.2, 0.25) is 0 Å². The number of anilines is 1. The zero-order valence-electron chi connectivity index (χ0n) is 15.0. The molecule has 5 rings (SSSR count). The standard InChI is InChI=1S/C18H26N4O3/c1-3-24-16(23)15-13-8-22(9-14(13)15)12-6-18(7-12)4-5-21(10-18)17-19-11(2)20-25-17/h12-15H,3-10H2,1-2H3. The highest BCUT2D eigenvalue weighted by atomic mass is 16.5. The van der Waals surface area contributed by atoms with E-state index in [1.165, 1.54) is 19.3 Å². The molecule has 0 amide bonds. The van der Waals surface area contributed by atoms with Gasteiger partial charge in [-0.25, -0.2) is 0 Å². The number of fused-ring (bicyclic) bond motifs is 1. The minimum Gasteiger partial charge on any atom is -0.466 e. The minimum atomic E-state index is 0.0310. The van der Waals surface area contributed by atoms with Crippen molar-refractivity contribution < 1.29 is 14.1 Å². The fraction of sp³-hybridized carbons (Fsp3) is 0.833. The minimum absolute atomic E-state index is 0.0310. The molecule has 2 saturated heterocycles. The molecular weight excluding hydrogens is 320 g/mol. The molecule has 2 aliphatic carbocycles. The number of aryl methyl sites for hydroxylation is 1. The van der Waals surface area contributed by atoms with Gasteiger partial charge in [0.1, 0.15) is 0 Å². The topological polar surface area (TPSA) is 71.7 Å². The maximum atomic E-state index is 11.9. The molecule has 7 nitrogen and oxygen atoms in total. The first-order valence-corrected chi connectivity index (χ1v) is 9.54. The maximum absolute atomic E-state index is 11.9. The third-order valence-corrected chi connectivity index (χ3v) is 6.86. The van der Waals surface area contributed by atoms with Gasteiger partial charge in [-0.2, -0.15) is 4.98 Å². The molecule has 0 radical (unpaired) electrons. The van der Waals surface area contributed by atoms with E-state index in [0.717, 1.165) is 26.2 Å². The number of carbonyl (C=O) groups is 1. The normalized spacial score (nSPS) is 39.5. The van der Waals surface area contributed by atoms with Crippen LogP contribution in [0, 0.1) is 30.1 Å². The van der Waals surface area contributed by atoms with Gasteiger partial charge in [-0.15, -0.1) is 0 Å². The summed E-state index contributed by atoms with van der Waals surface area (Å²) < 4.78 is 10.5. The van der Waals surface area contributed by atoms with Crippen LogP contribution in [0.4, 0.5) is 6.01 Å². The third-order valence-electron chi connectivity index (χ3n) is 6.86. The second-order valence-electron chi connectivity index (χ2n) is 8.42. The SMILES string of the molecule is CCOC(=O)C1C2CN(C3CC4(CCN(c5nc(C)no5)C4)C3)CC21. The van der Waals surface area contributed by atoms with Crippen molar-refractivity contribution in [1.82, 2.24) is 15.0 Å². The smallest absolute Gasteiger partial charge is 0.324 e. The molecule has 4 aliphatic rings. The van der Waals surface area contributed by atoms with Crippen LogP contribution in [-0.2, 0) is 9.53 Å². The molecule has 25 heavy (non-hydrogen) atoms. The lowest BCUT2D eigenvalue weighted by atomic mass is 9.64. The summed E-state index contributed by atoms with van der Waals surface area (Å²) in [5.41, 5.74) is 0.431. The molecule has 1 spiro atoms. The number of likely N-dealkylation sites (tertiary alicyclic amines) is 1. The van der Waals surface area contributed by atoms with Gasteiger partial charge in [-0.1, -0.05) is 5.16 Å². The van der Waals surface area contributed by atoms with Crippen molar-refractivity contribution in [2.24, 2.45) is 23.2 Å². The summed E-state index contributed by atoms with van der Waals surface area (Å²) in [6.45, 7) is 8.47. The average molecular weight is 346 g/mol.